The Morgan fingerprint density at radius 2 is 2.06 bits per heavy atom. The number of amides is 1. The molecule has 1 amide bonds. The fraction of sp³-hybridized carbons (Fsp3) is 0.500. The molecule has 0 heterocycles. The van der Waals surface area contributed by atoms with Gasteiger partial charge in [-0.1, -0.05) is 0 Å². The molecule has 1 aliphatic rings. The van der Waals surface area contributed by atoms with Crippen LogP contribution in [-0.2, 0) is 4.79 Å². The van der Waals surface area contributed by atoms with Gasteiger partial charge in [0.2, 0.25) is 5.91 Å². The first kappa shape index (κ1) is 12.9. The van der Waals surface area contributed by atoms with Gasteiger partial charge in [-0.15, -0.1) is 0 Å². The van der Waals surface area contributed by atoms with E-state index in [0.29, 0.717) is 0 Å². The molecule has 98 valence electrons. The highest BCUT2D eigenvalue weighted by Gasteiger charge is 2.40. The first-order valence-electron chi connectivity index (χ1n) is 6.31. The van der Waals surface area contributed by atoms with Gasteiger partial charge in [0.1, 0.15) is 0 Å². The van der Waals surface area contributed by atoms with Gasteiger partial charge in [0, 0.05) is 25.5 Å². The molecule has 3 N–H and O–H groups in total. The molecule has 0 aliphatic heterocycles. The second kappa shape index (κ2) is 4.61. The normalized spacial score (nSPS) is 16.9. The highest BCUT2D eigenvalue weighted by Crippen LogP contribution is 2.31. The number of hydrogen-bond acceptors (Lipinski definition) is 3. The Labute approximate surface area is 108 Å². The largest absolute Gasteiger partial charge is 0.378 e. The second-order valence-corrected chi connectivity index (χ2v) is 5.36. The van der Waals surface area contributed by atoms with Gasteiger partial charge < -0.3 is 16.0 Å². The summed E-state index contributed by atoms with van der Waals surface area (Å²) < 4.78 is 0. The smallest absolute Gasteiger partial charge is 0.244 e. The van der Waals surface area contributed by atoms with Crippen LogP contribution in [-0.4, -0.2) is 25.5 Å². The molecule has 0 radical (unpaired) electrons. The average Bonchev–Trinajstić information content (AvgIpc) is 2.28. The number of nitrogens with zero attached hydrogens (tertiary/aromatic N) is 1. The lowest BCUT2D eigenvalue weighted by atomic mass is 9.77. The third kappa shape index (κ3) is 2.34. The lowest BCUT2D eigenvalue weighted by Crippen LogP contribution is -2.56. The Bertz CT molecular complexity index is 464. The Morgan fingerprint density at radius 1 is 1.39 bits per heavy atom. The molecule has 18 heavy (non-hydrogen) atoms. The van der Waals surface area contributed by atoms with E-state index >= 15 is 0 Å². The predicted molar refractivity (Wildman–Crippen MR) is 74.9 cm³/mol. The summed E-state index contributed by atoms with van der Waals surface area (Å²) >= 11 is 0. The number of nitrogens with two attached hydrogens (primary N) is 1. The van der Waals surface area contributed by atoms with Crippen LogP contribution in [0.3, 0.4) is 0 Å². The molecule has 1 aromatic rings. The minimum absolute atomic E-state index is 0.0607. The van der Waals surface area contributed by atoms with Crippen LogP contribution in [0.15, 0.2) is 18.2 Å². The minimum atomic E-state index is -0.646. The van der Waals surface area contributed by atoms with E-state index in [1.807, 2.05) is 38.1 Å². The van der Waals surface area contributed by atoms with Crippen molar-refractivity contribution < 1.29 is 4.79 Å². The van der Waals surface area contributed by atoms with E-state index in [-0.39, 0.29) is 5.91 Å². The van der Waals surface area contributed by atoms with Crippen molar-refractivity contribution in [2.75, 3.05) is 24.3 Å². The van der Waals surface area contributed by atoms with Crippen molar-refractivity contribution in [3.63, 3.8) is 0 Å². The van der Waals surface area contributed by atoms with Crippen LogP contribution in [0.25, 0.3) is 0 Å². The Morgan fingerprint density at radius 3 is 2.50 bits per heavy atom. The molecule has 1 aliphatic carbocycles. The van der Waals surface area contributed by atoms with Crippen molar-refractivity contribution in [1.82, 2.24) is 0 Å². The maximum Gasteiger partial charge on any atom is 0.244 e. The summed E-state index contributed by atoms with van der Waals surface area (Å²) in [7, 11) is 3.99. The molecule has 2 rings (SSSR count). The molecule has 0 atom stereocenters. The number of anilines is 2. The van der Waals surface area contributed by atoms with Gasteiger partial charge in [-0.3, -0.25) is 4.79 Å². The van der Waals surface area contributed by atoms with Crippen molar-refractivity contribution in [2.24, 2.45) is 5.73 Å². The van der Waals surface area contributed by atoms with Crippen LogP contribution in [0, 0.1) is 6.92 Å². The van der Waals surface area contributed by atoms with Gasteiger partial charge in [0.05, 0.1) is 5.54 Å². The summed E-state index contributed by atoms with van der Waals surface area (Å²) in [6.45, 7) is 1.99. The molecule has 1 aromatic carbocycles. The highest BCUT2D eigenvalue weighted by molar-refractivity contribution is 5.99. The Kier molecular flexibility index (Phi) is 3.30. The molecule has 0 spiro atoms. The van der Waals surface area contributed by atoms with E-state index in [4.69, 9.17) is 5.73 Å². The lowest BCUT2D eigenvalue weighted by Gasteiger charge is -2.36. The van der Waals surface area contributed by atoms with Gasteiger partial charge in [0.15, 0.2) is 0 Å². The number of carbonyl (C=O) groups excluding carboxylic acids is 1. The van der Waals surface area contributed by atoms with E-state index in [9.17, 15) is 4.79 Å². The molecular formula is C14H21N3O. The maximum absolute atomic E-state index is 12.0. The summed E-state index contributed by atoms with van der Waals surface area (Å²) in [5.41, 5.74) is 8.38. The zero-order chi connectivity index (χ0) is 13.3. The number of nitrogens with one attached hydrogen (secondary N) is 1. The van der Waals surface area contributed by atoms with Crippen LogP contribution in [0.2, 0.25) is 0 Å². The van der Waals surface area contributed by atoms with Crippen LogP contribution in [0.1, 0.15) is 24.8 Å². The fourth-order valence-corrected chi connectivity index (χ4v) is 2.10. The van der Waals surface area contributed by atoms with Gasteiger partial charge in [-0.2, -0.15) is 0 Å². The molecule has 4 heteroatoms. The molecule has 1 fully saturated rings. The predicted octanol–water partition coefficient (Wildman–Crippen LogP) is 1.88. The number of benzene rings is 1. The molecule has 1 saturated carbocycles. The van der Waals surface area contributed by atoms with Gasteiger partial charge in [0.25, 0.3) is 0 Å². The standard InChI is InChI=1S/C14H21N3O/c1-10-9-11(17(2)3)5-6-12(10)16-13(18)14(15)7-4-8-14/h5-6,9H,4,7-8,15H2,1-3H3,(H,16,18). The van der Waals surface area contributed by atoms with Gasteiger partial charge >= 0.3 is 0 Å². The Balaban J connectivity index is 2.12. The summed E-state index contributed by atoms with van der Waals surface area (Å²) in [5.74, 6) is -0.0607. The van der Waals surface area contributed by atoms with Crippen molar-refractivity contribution in [1.29, 1.82) is 0 Å². The highest BCUT2D eigenvalue weighted by atomic mass is 16.2. The van der Waals surface area contributed by atoms with Gasteiger partial charge in [-0.05, 0) is 49.9 Å². The fourth-order valence-electron chi connectivity index (χ4n) is 2.10. The molecule has 4 nitrogen and oxygen atoms in total. The lowest BCUT2D eigenvalue weighted by molar-refractivity contribution is -0.123. The van der Waals surface area contributed by atoms with Crippen molar-refractivity contribution in [3.05, 3.63) is 23.8 Å². The monoisotopic (exact) mass is 247 g/mol. The van der Waals surface area contributed by atoms with E-state index in [0.717, 1.165) is 36.2 Å². The van der Waals surface area contributed by atoms with Crippen LogP contribution in [0.5, 0.6) is 0 Å². The number of carbonyl (C=O) groups is 1. The molecule has 0 bridgehead atoms. The maximum atomic E-state index is 12.0. The van der Waals surface area contributed by atoms with Crippen molar-refractivity contribution in [3.8, 4) is 0 Å². The van der Waals surface area contributed by atoms with E-state index in [2.05, 4.69) is 11.4 Å². The molecule has 0 saturated heterocycles. The third-order valence-electron chi connectivity index (χ3n) is 3.67. The minimum Gasteiger partial charge on any atom is -0.378 e. The summed E-state index contributed by atoms with van der Waals surface area (Å²) in [6, 6.07) is 5.98. The quantitative estimate of drug-likeness (QED) is 0.857. The Hall–Kier alpha value is -1.55. The number of aryl methyl sites for hydroxylation is 1. The second-order valence-electron chi connectivity index (χ2n) is 5.36. The van der Waals surface area contributed by atoms with Crippen LogP contribution in [0.4, 0.5) is 11.4 Å². The van der Waals surface area contributed by atoms with Crippen LogP contribution >= 0.6 is 0 Å². The molecule has 0 aromatic heterocycles. The van der Waals surface area contributed by atoms with E-state index in [1.165, 1.54) is 0 Å². The first-order chi connectivity index (χ1) is 8.42. The number of hydrogen-bond donors (Lipinski definition) is 2. The first-order valence-corrected chi connectivity index (χ1v) is 6.31. The topological polar surface area (TPSA) is 58.4 Å². The van der Waals surface area contributed by atoms with Crippen molar-refractivity contribution in [2.45, 2.75) is 31.7 Å². The van der Waals surface area contributed by atoms with Crippen molar-refractivity contribution >= 4 is 17.3 Å². The molecule has 0 unspecified atom stereocenters. The SMILES string of the molecule is Cc1cc(N(C)C)ccc1NC(=O)C1(N)CCC1. The zero-order valence-corrected chi connectivity index (χ0v) is 11.3. The summed E-state index contributed by atoms with van der Waals surface area (Å²) in [4.78, 5) is 14.1. The van der Waals surface area contributed by atoms with Crippen LogP contribution < -0.4 is 16.0 Å². The third-order valence-corrected chi connectivity index (χ3v) is 3.67. The van der Waals surface area contributed by atoms with E-state index in [1.54, 1.807) is 0 Å². The summed E-state index contributed by atoms with van der Waals surface area (Å²) in [5, 5.41) is 2.94. The molecular weight excluding hydrogens is 226 g/mol. The zero-order valence-electron chi connectivity index (χ0n) is 11.3. The van der Waals surface area contributed by atoms with Gasteiger partial charge in [-0.25, -0.2) is 0 Å². The average molecular weight is 247 g/mol. The van der Waals surface area contributed by atoms with E-state index < -0.39 is 5.54 Å². The summed E-state index contributed by atoms with van der Waals surface area (Å²) in [6.07, 6.45) is 2.61. The number of rotatable bonds is 3.